The molecule has 0 radical (unpaired) electrons. The number of imidazole rings is 1. The van der Waals surface area contributed by atoms with Crippen molar-refractivity contribution in [2.24, 2.45) is 0 Å². The Hall–Kier alpha value is -2.10. The predicted molar refractivity (Wildman–Crippen MR) is 82.1 cm³/mol. The fraction of sp³-hybridized carbons (Fsp3) is 0.333. The first-order chi connectivity index (χ1) is 10.3. The number of aliphatic hydroxyl groups is 1. The van der Waals surface area contributed by atoms with Gasteiger partial charge in [0.25, 0.3) is 5.91 Å². The van der Waals surface area contributed by atoms with Crippen LogP contribution < -0.4 is 5.32 Å². The summed E-state index contributed by atoms with van der Waals surface area (Å²) in [5, 5.41) is 13.3. The van der Waals surface area contributed by atoms with Gasteiger partial charge in [-0.05, 0) is 12.5 Å². The Bertz CT molecular complexity index is 623. The fourth-order valence-electron chi connectivity index (χ4n) is 1.71. The first-order valence-corrected chi connectivity index (χ1v) is 7.60. The molecule has 0 aliphatic heterocycles. The fourth-order valence-corrected chi connectivity index (χ4v) is 2.47. The van der Waals surface area contributed by atoms with Crippen LogP contribution in [-0.4, -0.2) is 33.7 Å². The van der Waals surface area contributed by atoms with Gasteiger partial charge in [-0.25, -0.2) is 4.98 Å². The molecule has 0 aliphatic carbocycles. The Labute approximate surface area is 127 Å². The van der Waals surface area contributed by atoms with E-state index in [1.54, 1.807) is 24.0 Å². The Morgan fingerprint density at radius 1 is 1.52 bits per heavy atom. The number of nitrogens with zero attached hydrogens (tertiary/aromatic N) is 2. The molecule has 0 spiro atoms. The number of carbonyl (C=O) groups is 1. The van der Waals surface area contributed by atoms with Gasteiger partial charge in [-0.1, -0.05) is 11.8 Å². The largest absolute Gasteiger partial charge is 0.395 e. The second-order valence-corrected chi connectivity index (χ2v) is 5.30. The number of hydrogen-bond donors (Lipinski definition) is 2. The molecule has 0 unspecified atom stereocenters. The van der Waals surface area contributed by atoms with Gasteiger partial charge in [-0.2, -0.15) is 0 Å². The highest BCUT2D eigenvalue weighted by Crippen LogP contribution is 2.13. The van der Waals surface area contributed by atoms with Crippen LogP contribution in [0.3, 0.4) is 0 Å². The molecule has 2 aromatic heterocycles. The van der Waals surface area contributed by atoms with Gasteiger partial charge in [0.2, 0.25) is 0 Å². The maximum atomic E-state index is 11.9. The number of aryl methyl sites for hydroxylation is 1. The van der Waals surface area contributed by atoms with Gasteiger partial charge < -0.3 is 15.0 Å². The van der Waals surface area contributed by atoms with E-state index < -0.39 is 0 Å². The van der Waals surface area contributed by atoms with E-state index in [2.05, 4.69) is 22.1 Å². The average Bonchev–Trinajstić information content (AvgIpc) is 3.15. The summed E-state index contributed by atoms with van der Waals surface area (Å²) in [5.74, 6) is 5.69. The highest BCUT2D eigenvalue weighted by atomic mass is 32.1. The van der Waals surface area contributed by atoms with Crippen LogP contribution in [0.2, 0.25) is 0 Å². The smallest absolute Gasteiger partial charge is 0.252 e. The van der Waals surface area contributed by atoms with E-state index in [9.17, 15) is 4.79 Å². The number of amides is 1. The van der Waals surface area contributed by atoms with E-state index in [1.165, 1.54) is 11.3 Å². The molecule has 6 heteroatoms. The molecule has 110 valence electrons. The van der Waals surface area contributed by atoms with Crippen molar-refractivity contribution in [3.63, 3.8) is 0 Å². The van der Waals surface area contributed by atoms with Crippen LogP contribution in [0.25, 0.3) is 0 Å². The summed E-state index contributed by atoms with van der Waals surface area (Å²) in [6, 6.07) is 1.78. The molecule has 0 atom stereocenters. The molecule has 0 saturated heterocycles. The number of aromatic nitrogens is 2. The Kier molecular flexibility index (Phi) is 6.00. The zero-order valence-electron chi connectivity index (χ0n) is 11.6. The summed E-state index contributed by atoms with van der Waals surface area (Å²) in [7, 11) is 0. The van der Waals surface area contributed by atoms with Crippen LogP contribution >= 0.6 is 11.3 Å². The van der Waals surface area contributed by atoms with E-state index in [4.69, 9.17) is 5.11 Å². The second-order valence-electron chi connectivity index (χ2n) is 4.38. The number of thiophene rings is 1. The van der Waals surface area contributed by atoms with E-state index in [0.717, 1.165) is 17.8 Å². The maximum Gasteiger partial charge on any atom is 0.252 e. The summed E-state index contributed by atoms with van der Waals surface area (Å²) in [5.41, 5.74) is 0.635. The molecular formula is C15H17N3O2S. The van der Waals surface area contributed by atoms with Crippen LogP contribution in [0.15, 0.2) is 30.2 Å². The molecule has 21 heavy (non-hydrogen) atoms. The SMILES string of the molecule is O=C(NCCCn1ccnc1)c1csc(C#CCCO)c1. The van der Waals surface area contributed by atoms with Crippen molar-refractivity contribution in [3.05, 3.63) is 40.6 Å². The lowest BCUT2D eigenvalue weighted by molar-refractivity contribution is 0.0953. The Morgan fingerprint density at radius 2 is 2.43 bits per heavy atom. The van der Waals surface area contributed by atoms with Gasteiger partial charge in [-0.3, -0.25) is 4.79 Å². The zero-order chi connectivity index (χ0) is 14.9. The third kappa shape index (κ3) is 5.06. The Morgan fingerprint density at radius 3 is 3.19 bits per heavy atom. The first-order valence-electron chi connectivity index (χ1n) is 6.72. The monoisotopic (exact) mass is 303 g/mol. The first kappa shape index (κ1) is 15.3. The van der Waals surface area contributed by atoms with Crippen LogP contribution in [0.5, 0.6) is 0 Å². The summed E-state index contributed by atoms with van der Waals surface area (Å²) in [6.45, 7) is 1.52. The van der Waals surface area contributed by atoms with Crippen molar-refractivity contribution in [1.29, 1.82) is 0 Å². The number of rotatable bonds is 6. The van der Waals surface area contributed by atoms with Crippen LogP contribution in [0.4, 0.5) is 0 Å². The maximum absolute atomic E-state index is 11.9. The van der Waals surface area contributed by atoms with Crippen LogP contribution in [-0.2, 0) is 6.54 Å². The van der Waals surface area contributed by atoms with Crippen LogP contribution in [0.1, 0.15) is 28.1 Å². The third-order valence-electron chi connectivity index (χ3n) is 2.75. The molecule has 2 N–H and O–H groups in total. The lowest BCUT2D eigenvalue weighted by Crippen LogP contribution is -2.24. The third-order valence-corrected chi connectivity index (χ3v) is 3.59. The quantitative estimate of drug-likeness (QED) is 0.628. The van der Waals surface area contributed by atoms with Gasteiger partial charge in [-0.15, -0.1) is 11.3 Å². The highest BCUT2D eigenvalue weighted by Gasteiger charge is 2.07. The number of carbonyl (C=O) groups excluding carboxylic acids is 1. The van der Waals surface area contributed by atoms with E-state index in [-0.39, 0.29) is 12.5 Å². The molecule has 0 saturated carbocycles. The summed E-state index contributed by atoms with van der Waals surface area (Å²) in [6.07, 6.45) is 6.71. The minimum atomic E-state index is -0.0768. The van der Waals surface area contributed by atoms with E-state index in [0.29, 0.717) is 18.5 Å². The van der Waals surface area contributed by atoms with Crippen molar-refractivity contribution in [2.45, 2.75) is 19.4 Å². The number of aliphatic hydroxyl groups excluding tert-OH is 1. The van der Waals surface area contributed by atoms with Crippen molar-refractivity contribution < 1.29 is 9.90 Å². The van der Waals surface area contributed by atoms with Crippen molar-refractivity contribution in [3.8, 4) is 11.8 Å². The minimum absolute atomic E-state index is 0.0582. The molecule has 2 heterocycles. The molecule has 0 aliphatic rings. The molecule has 0 aromatic carbocycles. The topological polar surface area (TPSA) is 67.2 Å². The van der Waals surface area contributed by atoms with Crippen molar-refractivity contribution in [2.75, 3.05) is 13.2 Å². The lowest BCUT2D eigenvalue weighted by atomic mass is 10.3. The summed E-state index contributed by atoms with van der Waals surface area (Å²) < 4.78 is 1.98. The summed E-state index contributed by atoms with van der Waals surface area (Å²) >= 11 is 1.44. The van der Waals surface area contributed by atoms with Crippen molar-refractivity contribution >= 4 is 17.2 Å². The van der Waals surface area contributed by atoms with Gasteiger partial charge in [0.15, 0.2) is 0 Å². The Balaban J connectivity index is 1.74. The standard InChI is InChI=1S/C15H17N3O2S/c19-9-2-1-4-14-10-13(11-21-14)15(20)17-5-3-7-18-8-6-16-12-18/h6,8,10-12,19H,2-3,5,7,9H2,(H,17,20). The molecule has 2 aromatic rings. The van der Waals surface area contributed by atoms with Gasteiger partial charge in [0.05, 0.1) is 23.4 Å². The second kappa shape index (κ2) is 8.25. The highest BCUT2D eigenvalue weighted by molar-refractivity contribution is 7.10. The zero-order valence-corrected chi connectivity index (χ0v) is 12.4. The molecular weight excluding hydrogens is 286 g/mol. The number of hydrogen-bond acceptors (Lipinski definition) is 4. The van der Waals surface area contributed by atoms with E-state index >= 15 is 0 Å². The molecule has 0 bridgehead atoms. The number of nitrogens with one attached hydrogen (secondary N) is 1. The van der Waals surface area contributed by atoms with Crippen molar-refractivity contribution in [1.82, 2.24) is 14.9 Å². The molecule has 0 fully saturated rings. The van der Waals surface area contributed by atoms with Gasteiger partial charge in [0.1, 0.15) is 0 Å². The predicted octanol–water partition coefficient (Wildman–Crippen LogP) is 1.50. The molecule has 2 rings (SSSR count). The van der Waals surface area contributed by atoms with Gasteiger partial charge in [0, 0.05) is 37.3 Å². The molecule has 1 amide bonds. The minimum Gasteiger partial charge on any atom is -0.395 e. The van der Waals surface area contributed by atoms with Gasteiger partial charge >= 0.3 is 0 Å². The van der Waals surface area contributed by atoms with E-state index in [1.807, 2.05) is 10.8 Å². The summed E-state index contributed by atoms with van der Waals surface area (Å²) in [4.78, 5) is 16.7. The average molecular weight is 303 g/mol. The molecule has 5 nitrogen and oxygen atoms in total. The normalized spacial score (nSPS) is 9.95. The lowest BCUT2D eigenvalue weighted by Gasteiger charge is -2.04. The van der Waals surface area contributed by atoms with Crippen LogP contribution in [0, 0.1) is 11.8 Å².